The first-order valence-electron chi connectivity index (χ1n) is 7.10. The SMILES string of the molecule is CNC(C)(CCCCOc1ccccc1OC)C(=O)OC. The van der Waals surface area contributed by atoms with Gasteiger partial charge in [0.1, 0.15) is 5.54 Å². The number of carbonyl (C=O) groups excluding carboxylic acids is 1. The molecule has 0 aliphatic carbocycles. The Morgan fingerprint density at radius 3 is 2.43 bits per heavy atom. The standard InChI is InChI=1S/C16H25NO4/c1-16(17-2,15(18)20-4)11-7-8-12-21-14-10-6-5-9-13(14)19-3/h5-6,9-10,17H,7-8,11-12H2,1-4H3. The fourth-order valence-electron chi connectivity index (χ4n) is 2.06. The maximum Gasteiger partial charge on any atom is 0.325 e. The number of unbranched alkanes of at least 4 members (excludes halogenated alkanes) is 1. The molecule has 21 heavy (non-hydrogen) atoms. The molecule has 0 aliphatic rings. The van der Waals surface area contributed by atoms with Crippen LogP contribution in [0.1, 0.15) is 26.2 Å². The minimum Gasteiger partial charge on any atom is -0.493 e. The third-order valence-corrected chi connectivity index (χ3v) is 3.59. The fourth-order valence-corrected chi connectivity index (χ4v) is 2.06. The number of esters is 1. The lowest BCUT2D eigenvalue weighted by Crippen LogP contribution is -2.48. The molecular formula is C16H25NO4. The van der Waals surface area contributed by atoms with E-state index in [2.05, 4.69) is 5.32 Å². The summed E-state index contributed by atoms with van der Waals surface area (Å²) in [5, 5.41) is 3.02. The van der Waals surface area contributed by atoms with E-state index in [1.54, 1.807) is 14.2 Å². The summed E-state index contributed by atoms with van der Waals surface area (Å²) in [5.74, 6) is 1.23. The molecule has 1 aromatic rings. The van der Waals surface area contributed by atoms with Crippen LogP contribution in [0.2, 0.25) is 0 Å². The Labute approximate surface area is 126 Å². The van der Waals surface area contributed by atoms with Gasteiger partial charge in [-0.1, -0.05) is 12.1 Å². The summed E-state index contributed by atoms with van der Waals surface area (Å²) in [7, 11) is 4.79. The van der Waals surface area contributed by atoms with Crippen molar-refractivity contribution in [2.24, 2.45) is 0 Å². The van der Waals surface area contributed by atoms with Crippen LogP contribution >= 0.6 is 0 Å². The van der Waals surface area contributed by atoms with E-state index in [1.807, 2.05) is 31.2 Å². The Morgan fingerprint density at radius 1 is 1.19 bits per heavy atom. The Morgan fingerprint density at radius 2 is 1.86 bits per heavy atom. The van der Waals surface area contributed by atoms with Gasteiger partial charge in [-0.05, 0) is 45.4 Å². The quantitative estimate of drug-likeness (QED) is 0.560. The van der Waals surface area contributed by atoms with Gasteiger partial charge in [-0.3, -0.25) is 4.79 Å². The van der Waals surface area contributed by atoms with Crippen molar-refractivity contribution in [2.75, 3.05) is 27.9 Å². The Bertz CT molecular complexity index is 450. The summed E-state index contributed by atoms with van der Waals surface area (Å²) < 4.78 is 15.7. The van der Waals surface area contributed by atoms with Gasteiger partial charge in [-0.25, -0.2) is 0 Å². The fraction of sp³-hybridized carbons (Fsp3) is 0.562. The first kappa shape index (κ1) is 17.3. The molecule has 1 unspecified atom stereocenters. The highest BCUT2D eigenvalue weighted by atomic mass is 16.5. The molecule has 0 aliphatic heterocycles. The van der Waals surface area contributed by atoms with Crippen LogP contribution in [-0.2, 0) is 9.53 Å². The molecule has 1 N–H and O–H groups in total. The van der Waals surface area contributed by atoms with Crippen molar-refractivity contribution in [3.05, 3.63) is 24.3 Å². The lowest BCUT2D eigenvalue weighted by molar-refractivity contribution is -0.148. The summed E-state index contributed by atoms with van der Waals surface area (Å²) in [6.07, 6.45) is 2.42. The van der Waals surface area contributed by atoms with E-state index in [0.29, 0.717) is 13.0 Å². The van der Waals surface area contributed by atoms with Crippen LogP contribution in [0.5, 0.6) is 11.5 Å². The summed E-state index contributed by atoms with van der Waals surface area (Å²) in [6, 6.07) is 7.56. The normalized spacial score (nSPS) is 13.3. The zero-order valence-corrected chi connectivity index (χ0v) is 13.3. The molecule has 1 rings (SSSR count). The Hall–Kier alpha value is -1.75. The Balaban J connectivity index is 2.36. The molecule has 0 heterocycles. The van der Waals surface area contributed by atoms with E-state index in [-0.39, 0.29) is 5.97 Å². The molecule has 118 valence electrons. The predicted molar refractivity (Wildman–Crippen MR) is 81.8 cm³/mol. The van der Waals surface area contributed by atoms with E-state index in [4.69, 9.17) is 14.2 Å². The van der Waals surface area contributed by atoms with Crippen molar-refractivity contribution in [1.29, 1.82) is 0 Å². The number of rotatable bonds is 9. The van der Waals surface area contributed by atoms with Crippen LogP contribution in [0.25, 0.3) is 0 Å². The van der Waals surface area contributed by atoms with Crippen molar-refractivity contribution in [3.63, 3.8) is 0 Å². The van der Waals surface area contributed by atoms with Crippen LogP contribution in [0.4, 0.5) is 0 Å². The second-order valence-corrected chi connectivity index (χ2v) is 5.03. The largest absolute Gasteiger partial charge is 0.493 e. The lowest BCUT2D eigenvalue weighted by atomic mass is 9.95. The smallest absolute Gasteiger partial charge is 0.325 e. The monoisotopic (exact) mass is 295 g/mol. The number of nitrogens with one attached hydrogen (secondary N) is 1. The topological polar surface area (TPSA) is 56.8 Å². The maximum absolute atomic E-state index is 11.7. The van der Waals surface area contributed by atoms with Crippen LogP contribution in [0.3, 0.4) is 0 Å². The third kappa shape index (κ3) is 4.93. The first-order valence-corrected chi connectivity index (χ1v) is 7.10. The minimum atomic E-state index is -0.640. The second-order valence-electron chi connectivity index (χ2n) is 5.03. The summed E-state index contributed by atoms with van der Waals surface area (Å²) in [4.78, 5) is 11.7. The number of methoxy groups -OCH3 is 2. The highest BCUT2D eigenvalue weighted by Gasteiger charge is 2.31. The van der Waals surface area contributed by atoms with Gasteiger partial charge < -0.3 is 19.5 Å². The molecule has 0 saturated carbocycles. The van der Waals surface area contributed by atoms with E-state index in [0.717, 1.165) is 24.3 Å². The lowest BCUT2D eigenvalue weighted by Gasteiger charge is -2.25. The van der Waals surface area contributed by atoms with Crippen LogP contribution in [-0.4, -0.2) is 39.4 Å². The number of para-hydroxylation sites is 2. The molecule has 5 nitrogen and oxygen atoms in total. The van der Waals surface area contributed by atoms with Gasteiger partial charge in [0.05, 0.1) is 20.8 Å². The van der Waals surface area contributed by atoms with E-state index in [9.17, 15) is 4.79 Å². The van der Waals surface area contributed by atoms with Gasteiger partial charge in [0, 0.05) is 0 Å². The van der Waals surface area contributed by atoms with Gasteiger partial charge in [0.25, 0.3) is 0 Å². The molecule has 1 aromatic carbocycles. The number of ether oxygens (including phenoxy) is 3. The van der Waals surface area contributed by atoms with E-state index < -0.39 is 5.54 Å². The average Bonchev–Trinajstić information content (AvgIpc) is 2.53. The van der Waals surface area contributed by atoms with Gasteiger partial charge in [0.2, 0.25) is 0 Å². The molecule has 0 spiro atoms. The van der Waals surface area contributed by atoms with Gasteiger partial charge in [-0.15, -0.1) is 0 Å². The zero-order valence-electron chi connectivity index (χ0n) is 13.3. The predicted octanol–water partition coefficient (Wildman–Crippen LogP) is 2.40. The van der Waals surface area contributed by atoms with Gasteiger partial charge >= 0.3 is 5.97 Å². The summed E-state index contributed by atoms with van der Waals surface area (Å²) >= 11 is 0. The molecule has 1 atom stereocenters. The van der Waals surface area contributed by atoms with E-state index in [1.165, 1.54) is 7.11 Å². The molecule has 0 aromatic heterocycles. The average molecular weight is 295 g/mol. The van der Waals surface area contributed by atoms with Crippen molar-refractivity contribution in [1.82, 2.24) is 5.32 Å². The number of hydrogen-bond donors (Lipinski definition) is 1. The molecule has 0 radical (unpaired) electrons. The molecule has 0 amide bonds. The third-order valence-electron chi connectivity index (χ3n) is 3.59. The number of hydrogen-bond acceptors (Lipinski definition) is 5. The number of likely N-dealkylation sites (N-methyl/N-ethyl adjacent to an activating group) is 1. The molecular weight excluding hydrogens is 270 g/mol. The molecule has 0 bridgehead atoms. The maximum atomic E-state index is 11.7. The van der Waals surface area contributed by atoms with E-state index >= 15 is 0 Å². The van der Waals surface area contributed by atoms with Gasteiger partial charge in [0.15, 0.2) is 11.5 Å². The highest BCUT2D eigenvalue weighted by Crippen LogP contribution is 2.26. The van der Waals surface area contributed by atoms with Crippen molar-refractivity contribution in [2.45, 2.75) is 31.7 Å². The zero-order chi connectivity index (χ0) is 15.7. The second kappa shape index (κ2) is 8.52. The summed E-state index contributed by atoms with van der Waals surface area (Å²) in [6.45, 7) is 2.43. The minimum absolute atomic E-state index is 0.240. The van der Waals surface area contributed by atoms with Crippen LogP contribution in [0, 0.1) is 0 Å². The molecule has 0 fully saturated rings. The van der Waals surface area contributed by atoms with Crippen molar-refractivity contribution in [3.8, 4) is 11.5 Å². The van der Waals surface area contributed by atoms with Crippen molar-refractivity contribution < 1.29 is 19.0 Å². The Kier molecular flexibility index (Phi) is 7.02. The molecule has 5 heteroatoms. The highest BCUT2D eigenvalue weighted by molar-refractivity contribution is 5.80. The number of carbonyl (C=O) groups is 1. The van der Waals surface area contributed by atoms with Gasteiger partial charge in [-0.2, -0.15) is 0 Å². The molecule has 0 saturated heterocycles. The van der Waals surface area contributed by atoms with Crippen LogP contribution in [0.15, 0.2) is 24.3 Å². The number of benzene rings is 1. The van der Waals surface area contributed by atoms with Crippen molar-refractivity contribution >= 4 is 5.97 Å². The first-order chi connectivity index (χ1) is 10.1. The van der Waals surface area contributed by atoms with Crippen LogP contribution < -0.4 is 14.8 Å². The summed E-state index contributed by atoms with van der Waals surface area (Å²) in [5.41, 5.74) is -0.640.